The first-order valence-electron chi connectivity index (χ1n) is 20.8. The summed E-state index contributed by atoms with van der Waals surface area (Å²) in [5.41, 5.74) is 5.43. The van der Waals surface area contributed by atoms with Crippen LogP contribution in [0.25, 0.3) is 21.3 Å². The van der Waals surface area contributed by atoms with Gasteiger partial charge in [-0.25, -0.2) is 14.8 Å². The van der Waals surface area contributed by atoms with Crippen LogP contribution in [0.15, 0.2) is 72.8 Å². The minimum atomic E-state index is -0.724. The van der Waals surface area contributed by atoms with Gasteiger partial charge in [-0.3, -0.25) is 19.8 Å². The number of aromatic nitrogens is 2. The summed E-state index contributed by atoms with van der Waals surface area (Å²) in [6.45, 7) is 13.8. The topological polar surface area (TPSA) is 123 Å². The number of hydrogen-bond acceptors (Lipinski definition) is 11. The number of anilines is 2. The maximum Gasteiger partial charge on any atom is 0.358 e. The molecule has 0 radical (unpaired) electrons. The molecule has 0 unspecified atom stereocenters. The summed E-state index contributed by atoms with van der Waals surface area (Å²) in [6, 6.07) is 23.5. The quantitative estimate of drug-likeness (QED) is 0.0857. The molecule has 0 spiro atoms. The molecule has 2 aliphatic rings. The van der Waals surface area contributed by atoms with Crippen LogP contribution < -0.4 is 15.0 Å². The summed E-state index contributed by atoms with van der Waals surface area (Å²) in [5, 5.41) is 3.58. The van der Waals surface area contributed by atoms with Gasteiger partial charge in [0.1, 0.15) is 17.2 Å². The molecule has 0 saturated carbocycles. The van der Waals surface area contributed by atoms with Crippen LogP contribution in [-0.2, 0) is 27.2 Å². The molecule has 2 aliphatic heterocycles. The Morgan fingerprint density at radius 1 is 0.932 bits per heavy atom. The highest BCUT2D eigenvalue weighted by Crippen LogP contribution is 2.36. The van der Waals surface area contributed by atoms with Gasteiger partial charge in [-0.05, 0) is 144 Å². The number of piperidine rings is 1. The SMILES string of the molecule is CCOC(=O)CN1CCC[C@H](CCCCOc2cccc(-c3ccc(N4CCc5cccc(C(=O)Nc6nc7ccccc7s6)c5C4)nc3C(=O)OC(C)(C)C)c2C)C1. The fourth-order valence-electron chi connectivity index (χ4n) is 8.10. The van der Waals surface area contributed by atoms with Crippen molar-refractivity contribution in [1.82, 2.24) is 14.9 Å². The average molecular weight is 818 g/mol. The fraction of sp³-hybridized carbons (Fsp3) is 0.426. The molecular weight excluding hydrogens is 763 g/mol. The van der Waals surface area contributed by atoms with Crippen LogP contribution >= 0.6 is 11.3 Å². The molecule has 3 aromatic carbocycles. The Bertz CT molecular complexity index is 2270. The monoisotopic (exact) mass is 817 g/mol. The Morgan fingerprint density at radius 3 is 2.58 bits per heavy atom. The van der Waals surface area contributed by atoms with Crippen molar-refractivity contribution in [2.45, 2.75) is 85.3 Å². The Balaban J connectivity index is 1.05. The van der Waals surface area contributed by atoms with E-state index in [0.29, 0.717) is 60.8 Å². The number of carbonyl (C=O) groups is 3. The highest BCUT2D eigenvalue weighted by atomic mass is 32.1. The van der Waals surface area contributed by atoms with Gasteiger partial charge in [0.2, 0.25) is 0 Å². The second-order valence-corrected chi connectivity index (χ2v) is 17.5. The number of fused-ring (bicyclic) bond motifs is 2. The Hall–Kier alpha value is -5.33. The smallest absolute Gasteiger partial charge is 0.358 e. The van der Waals surface area contributed by atoms with E-state index in [1.807, 2.05) is 101 Å². The first-order valence-corrected chi connectivity index (χ1v) is 21.6. The highest BCUT2D eigenvalue weighted by Gasteiger charge is 2.28. The van der Waals surface area contributed by atoms with Gasteiger partial charge in [0.05, 0.1) is 30.0 Å². The van der Waals surface area contributed by atoms with Crippen LogP contribution in [0.4, 0.5) is 10.9 Å². The van der Waals surface area contributed by atoms with Crippen LogP contribution in [0.2, 0.25) is 0 Å². The minimum absolute atomic E-state index is 0.143. The number of esters is 2. The summed E-state index contributed by atoms with van der Waals surface area (Å²) in [5.74, 6) is 1.12. The molecule has 59 heavy (non-hydrogen) atoms. The van der Waals surface area contributed by atoms with Gasteiger partial charge >= 0.3 is 11.9 Å². The van der Waals surface area contributed by atoms with E-state index in [0.717, 1.165) is 83.4 Å². The standard InChI is InChI=1S/C47H55N5O6S/c1-6-56-42(53)30-51-25-13-15-32(28-51)14-9-10-27-57-39-20-12-17-34(31(39)2)35-22-23-41(49-43(35)45(55)58-47(3,4)5)52-26-24-33-16-11-18-36(37(33)29-52)44(54)50-46-48-38-19-7-8-21-40(38)59-46/h7-8,11-12,16-23,32H,6,9-10,13-15,24-30H2,1-5H3,(H,48,50,54)/t32-/m0/s1. The lowest BCUT2D eigenvalue weighted by Gasteiger charge is -2.32. The first kappa shape index (κ1) is 41.8. The van der Waals surface area contributed by atoms with Crippen LogP contribution in [0.3, 0.4) is 0 Å². The van der Waals surface area contributed by atoms with Crippen molar-refractivity contribution in [2.75, 3.05) is 49.6 Å². The van der Waals surface area contributed by atoms with Gasteiger partial charge in [-0.15, -0.1) is 0 Å². The van der Waals surface area contributed by atoms with E-state index in [2.05, 4.69) is 26.2 Å². The van der Waals surface area contributed by atoms with Crippen molar-refractivity contribution >= 4 is 50.3 Å². The van der Waals surface area contributed by atoms with Crippen LogP contribution in [0.5, 0.6) is 5.75 Å². The lowest BCUT2D eigenvalue weighted by Crippen LogP contribution is -2.39. The second-order valence-electron chi connectivity index (χ2n) is 16.4. The average Bonchev–Trinajstić information content (AvgIpc) is 3.62. The number of benzene rings is 3. The zero-order valence-corrected chi connectivity index (χ0v) is 35.7. The molecule has 7 rings (SSSR count). The summed E-state index contributed by atoms with van der Waals surface area (Å²) in [7, 11) is 0. The zero-order valence-electron chi connectivity index (χ0n) is 34.8. The third-order valence-electron chi connectivity index (χ3n) is 10.9. The molecule has 2 aromatic heterocycles. The lowest BCUT2D eigenvalue weighted by molar-refractivity contribution is -0.144. The van der Waals surface area contributed by atoms with Gasteiger partial charge < -0.3 is 19.1 Å². The molecule has 0 aliphatic carbocycles. The minimum Gasteiger partial charge on any atom is -0.493 e. The second kappa shape index (κ2) is 18.7. The molecule has 1 fully saturated rings. The molecule has 1 N–H and O–H groups in total. The number of ether oxygens (including phenoxy) is 3. The van der Waals surface area contributed by atoms with Gasteiger partial charge in [0.15, 0.2) is 10.8 Å². The van der Waals surface area contributed by atoms with Gasteiger partial charge in [0, 0.05) is 30.8 Å². The largest absolute Gasteiger partial charge is 0.493 e. The predicted molar refractivity (Wildman–Crippen MR) is 233 cm³/mol. The Morgan fingerprint density at radius 2 is 1.76 bits per heavy atom. The third-order valence-corrected chi connectivity index (χ3v) is 11.9. The molecule has 12 heteroatoms. The van der Waals surface area contributed by atoms with Gasteiger partial charge in [-0.2, -0.15) is 0 Å². The van der Waals surface area contributed by atoms with E-state index >= 15 is 0 Å². The number of nitrogens with one attached hydrogen (secondary N) is 1. The molecule has 0 bridgehead atoms. The molecule has 1 saturated heterocycles. The van der Waals surface area contributed by atoms with E-state index in [-0.39, 0.29) is 17.6 Å². The number of pyridine rings is 1. The third kappa shape index (κ3) is 10.5. The number of likely N-dealkylation sites (tertiary alicyclic amines) is 1. The molecule has 11 nitrogen and oxygen atoms in total. The number of hydrogen-bond donors (Lipinski definition) is 1. The number of carbonyl (C=O) groups excluding carboxylic acids is 3. The molecule has 1 atom stereocenters. The van der Waals surface area contributed by atoms with Gasteiger partial charge in [-0.1, -0.05) is 47.7 Å². The molecule has 5 aromatic rings. The van der Waals surface area contributed by atoms with Crippen molar-refractivity contribution in [3.63, 3.8) is 0 Å². The number of thiazole rings is 1. The molecular formula is C47H55N5O6S. The number of rotatable bonds is 14. The number of para-hydroxylation sites is 1. The maximum absolute atomic E-state index is 13.9. The zero-order chi connectivity index (χ0) is 41.5. The number of amides is 1. The van der Waals surface area contributed by atoms with E-state index in [4.69, 9.17) is 19.2 Å². The highest BCUT2D eigenvalue weighted by molar-refractivity contribution is 7.22. The summed E-state index contributed by atoms with van der Waals surface area (Å²) < 4.78 is 18.4. The Kier molecular flexibility index (Phi) is 13.3. The first-order chi connectivity index (χ1) is 28.5. The van der Waals surface area contributed by atoms with E-state index in [9.17, 15) is 14.4 Å². The summed E-state index contributed by atoms with van der Waals surface area (Å²) >= 11 is 1.45. The molecule has 1 amide bonds. The predicted octanol–water partition coefficient (Wildman–Crippen LogP) is 9.26. The number of nitrogens with zero attached hydrogens (tertiary/aromatic N) is 4. The summed E-state index contributed by atoms with van der Waals surface area (Å²) in [6.07, 6.45) is 6.06. The van der Waals surface area contributed by atoms with Crippen molar-refractivity contribution in [2.24, 2.45) is 5.92 Å². The van der Waals surface area contributed by atoms with Gasteiger partial charge in [0.25, 0.3) is 5.91 Å². The van der Waals surface area contributed by atoms with Crippen LogP contribution in [0, 0.1) is 12.8 Å². The lowest BCUT2D eigenvalue weighted by atomic mass is 9.93. The molecule has 310 valence electrons. The van der Waals surface area contributed by atoms with E-state index < -0.39 is 11.6 Å². The van der Waals surface area contributed by atoms with Crippen LogP contribution in [-0.4, -0.2) is 77.7 Å². The van der Waals surface area contributed by atoms with E-state index in [1.54, 1.807) is 0 Å². The number of unbranched alkanes of at least 4 members (excludes halogenated alkanes) is 1. The van der Waals surface area contributed by atoms with Crippen molar-refractivity contribution in [1.29, 1.82) is 0 Å². The van der Waals surface area contributed by atoms with Crippen molar-refractivity contribution < 1.29 is 28.6 Å². The Labute approximate surface area is 351 Å². The van der Waals surface area contributed by atoms with Crippen LogP contribution in [0.1, 0.15) is 97.3 Å². The van der Waals surface area contributed by atoms with Crippen molar-refractivity contribution in [3.8, 4) is 16.9 Å². The van der Waals surface area contributed by atoms with Crippen molar-refractivity contribution in [3.05, 3.63) is 101 Å². The summed E-state index contributed by atoms with van der Waals surface area (Å²) in [4.78, 5) is 53.6. The molecule has 4 heterocycles. The normalized spacial score (nSPS) is 15.7. The van der Waals surface area contributed by atoms with E-state index in [1.165, 1.54) is 17.8 Å². The maximum atomic E-state index is 13.9. The fourth-order valence-corrected chi connectivity index (χ4v) is 8.96.